The lowest BCUT2D eigenvalue weighted by Crippen LogP contribution is -2.26. The largest absolute Gasteiger partial charge is 0.384 e. The molecule has 64 valence electrons. The molecule has 1 saturated heterocycles. The lowest BCUT2D eigenvalue weighted by molar-refractivity contribution is -0.127. The van der Waals surface area contributed by atoms with Crippen LogP contribution in [-0.2, 0) is 9.53 Å². The zero-order valence-electron chi connectivity index (χ0n) is 7.17. The third-order valence-corrected chi connectivity index (χ3v) is 2.13. The highest BCUT2D eigenvalue weighted by molar-refractivity contribution is 5.73. The summed E-state index contributed by atoms with van der Waals surface area (Å²) in [5.41, 5.74) is 0. The van der Waals surface area contributed by atoms with E-state index in [1.54, 1.807) is 14.0 Å². The van der Waals surface area contributed by atoms with Crippen LogP contribution in [0.1, 0.15) is 13.3 Å². The second kappa shape index (κ2) is 3.72. The van der Waals surface area contributed by atoms with Crippen molar-refractivity contribution in [2.24, 2.45) is 5.92 Å². The van der Waals surface area contributed by atoms with Crippen molar-refractivity contribution in [3.05, 3.63) is 0 Å². The van der Waals surface area contributed by atoms with Gasteiger partial charge in [0.2, 0.25) is 5.91 Å². The van der Waals surface area contributed by atoms with Crippen LogP contribution in [0.2, 0.25) is 0 Å². The molecule has 0 radical (unpaired) electrons. The molecule has 1 heterocycles. The van der Waals surface area contributed by atoms with E-state index in [9.17, 15) is 4.79 Å². The highest BCUT2D eigenvalue weighted by atomic mass is 16.5. The molecule has 1 fully saturated rings. The monoisotopic (exact) mass is 157 g/mol. The summed E-state index contributed by atoms with van der Waals surface area (Å²) in [7, 11) is 1.70. The Bertz CT molecular complexity index is 147. The molecule has 0 spiro atoms. The lowest BCUT2D eigenvalue weighted by Gasteiger charge is -2.12. The molecule has 0 aromatic heterocycles. The molecule has 0 aromatic rings. The molecule has 1 rings (SSSR count). The second-order valence-electron chi connectivity index (χ2n) is 3.08. The normalized spacial score (nSPS) is 24.2. The number of carbonyl (C=O) groups is 1. The maximum atomic E-state index is 10.9. The van der Waals surface area contributed by atoms with Crippen LogP contribution in [0.3, 0.4) is 0 Å². The number of hydrogen-bond acceptors (Lipinski definition) is 2. The van der Waals surface area contributed by atoms with E-state index in [2.05, 4.69) is 0 Å². The fraction of sp³-hybridized carbons (Fsp3) is 0.875. The van der Waals surface area contributed by atoms with E-state index in [4.69, 9.17) is 4.74 Å². The maximum Gasteiger partial charge on any atom is 0.219 e. The first-order valence-electron chi connectivity index (χ1n) is 3.98. The Morgan fingerprint density at radius 3 is 2.91 bits per heavy atom. The van der Waals surface area contributed by atoms with E-state index in [1.807, 2.05) is 4.90 Å². The molecule has 3 heteroatoms. The van der Waals surface area contributed by atoms with Gasteiger partial charge in [-0.05, 0) is 6.42 Å². The highest BCUT2D eigenvalue weighted by Crippen LogP contribution is 2.15. The fourth-order valence-electron chi connectivity index (χ4n) is 1.49. The van der Waals surface area contributed by atoms with Crippen LogP contribution in [-0.4, -0.2) is 37.6 Å². The minimum atomic E-state index is 0.184. The predicted octanol–water partition coefficient (Wildman–Crippen LogP) is 0.501. The van der Waals surface area contributed by atoms with Crippen LogP contribution in [0.5, 0.6) is 0 Å². The van der Waals surface area contributed by atoms with Gasteiger partial charge >= 0.3 is 0 Å². The number of nitrogens with zero attached hydrogens (tertiary/aromatic N) is 1. The molecule has 0 bridgehead atoms. The Morgan fingerprint density at radius 2 is 2.45 bits per heavy atom. The summed E-state index contributed by atoms with van der Waals surface area (Å²) in [6.07, 6.45) is 1.09. The van der Waals surface area contributed by atoms with E-state index in [0.29, 0.717) is 5.92 Å². The summed E-state index contributed by atoms with van der Waals surface area (Å²) in [6, 6.07) is 0. The van der Waals surface area contributed by atoms with E-state index in [0.717, 1.165) is 26.1 Å². The first-order valence-corrected chi connectivity index (χ1v) is 3.98. The smallest absolute Gasteiger partial charge is 0.219 e. The average Bonchev–Trinajstić information content (AvgIpc) is 2.37. The molecule has 1 amide bonds. The van der Waals surface area contributed by atoms with Crippen LogP contribution in [0, 0.1) is 5.92 Å². The molecule has 11 heavy (non-hydrogen) atoms. The average molecular weight is 157 g/mol. The summed E-state index contributed by atoms with van der Waals surface area (Å²) >= 11 is 0. The van der Waals surface area contributed by atoms with Crippen molar-refractivity contribution in [2.75, 3.05) is 26.8 Å². The quantitative estimate of drug-likeness (QED) is 0.584. The molecule has 1 aliphatic rings. The number of hydrogen-bond donors (Lipinski definition) is 0. The molecule has 0 N–H and O–H groups in total. The van der Waals surface area contributed by atoms with Gasteiger partial charge in [0.15, 0.2) is 0 Å². The topological polar surface area (TPSA) is 29.5 Å². The van der Waals surface area contributed by atoms with Crippen molar-refractivity contribution in [1.82, 2.24) is 4.90 Å². The van der Waals surface area contributed by atoms with Gasteiger partial charge in [-0.2, -0.15) is 0 Å². The summed E-state index contributed by atoms with van der Waals surface area (Å²) in [5, 5.41) is 0. The Balaban J connectivity index is 2.29. The first kappa shape index (κ1) is 8.53. The molecule has 1 aliphatic heterocycles. The van der Waals surface area contributed by atoms with Crippen LogP contribution in [0.25, 0.3) is 0 Å². The molecule has 0 saturated carbocycles. The molecular weight excluding hydrogens is 142 g/mol. The molecule has 3 nitrogen and oxygen atoms in total. The first-order chi connectivity index (χ1) is 5.24. The van der Waals surface area contributed by atoms with Crippen LogP contribution < -0.4 is 0 Å². The maximum absolute atomic E-state index is 10.9. The zero-order chi connectivity index (χ0) is 8.27. The van der Waals surface area contributed by atoms with Gasteiger partial charge in [-0.1, -0.05) is 0 Å². The van der Waals surface area contributed by atoms with Crippen molar-refractivity contribution in [3.8, 4) is 0 Å². The van der Waals surface area contributed by atoms with E-state index >= 15 is 0 Å². The summed E-state index contributed by atoms with van der Waals surface area (Å²) in [6.45, 7) is 4.19. The second-order valence-corrected chi connectivity index (χ2v) is 3.08. The van der Waals surface area contributed by atoms with Gasteiger partial charge in [0.25, 0.3) is 0 Å². The number of rotatable bonds is 2. The fourth-order valence-corrected chi connectivity index (χ4v) is 1.49. The van der Waals surface area contributed by atoms with Crippen molar-refractivity contribution in [1.29, 1.82) is 0 Å². The molecule has 0 aliphatic carbocycles. The zero-order valence-corrected chi connectivity index (χ0v) is 7.17. The van der Waals surface area contributed by atoms with Crippen LogP contribution in [0.15, 0.2) is 0 Å². The lowest BCUT2D eigenvalue weighted by atomic mass is 10.1. The summed E-state index contributed by atoms with van der Waals surface area (Å²) < 4.78 is 5.02. The third kappa shape index (κ3) is 2.19. The number of carbonyl (C=O) groups excluding carboxylic acids is 1. The number of ether oxygens (including phenoxy) is 1. The van der Waals surface area contributed by atoms with Crippen molar-refractivity contribution < 1.29 is 9.53 Å². The SMILES string of the molecule is COC[C@@H]1CCN(C(C)=O)C1. The number of methoxy groups -OCH3 is 1. The minimum absolute atomic E-state index is 0.184. The number of amides is 1. The van der Waals surface area contributed by atoms with Gasteiger partial charge in [-0.15, -0.1) is 0 Å². The molecule has 0 unspecified atom stereocenters. The summed E-state index contributed by atoms with van der Waals surface area (Å²) in [4.78, 5) is 12.8. The van der Waals surface area contributed by atoms with Crippen molar-refractivity contribution in [3.63, 3.8) is 0 Å². The van der Waals surface area contributed by atoms with Gasteiger partial charge in [-0.25, -0.2) is 0 Å². The Hall–Kier alpha value is -0.570. The van der Waals surface area contributed by atoms with Crippen molar-refractivity contribution in [2.45, 2.75) is 13.3 Å². The third-order valence-electron chi connectivity index (χ3n) is 2.13. The van der Waals surface area contributed by atoms with Gasteiger partial charge in [0, 0.05) is 33.0 Å². The van der Waals surface area contributed by atoms with E-state index in [-0.39, 0.29) is 5.91 Å². The van der Waals surface area contributed by atoms with Crippen LogP contribution >= 0.6 is 0 Å². The number of likely N-dealkylation sites (tertiary alicyclic amines) is 1. The Kier molecular flexibility index (Phi) is 2.88. The predicted molar refractivity (Wildman–Crippen MR) is 42.2 cm³/mol. The minimum Gasteiger partial charge on any atom is -0.384 e. The highest BCUT2D eigenvalue weighted by Gasteiger charge is 2.23. The van der Waals surface area contributed by atoms with E-state index in [1.165, 1.54) is 0 Å². The van der Waals surface area contributed by atoms with Gasteiger partial charge in [0.05, 0.1) is 6.61 Å². The molecule has 1 atom stereocenters. The van der Waals surface area contributed by atoms with Gasteiger partial charge < -0.3 is 9.64 Å². The van der Waals surface area contributed by atoms with Gasteiger partial charge in [-0.3, -0.25) is 4.79 Å². The van der Waals surface area contributed by atoms with Crippen LogP contribution in [0.4, 0.5) is 0 Å². The summed E-state index contributed by atoms with van der Waals surface area (Å²) in [5.74, 6) is 0.743. The Morgan fingerprint density at radius 1 is 1.73 bits per heavy atom. The molecular formula is C8H15NO2. The van der Waals surface area contributed by atoms with Gasteiger partial charge in [0.1, 0.15) is 0 Å². The molecule has 0 aromatic carbocycles. The standard InChI is InChI=1S/C8H15NO2/c1-7(10)9-4-3-8(5-9)6-11-2/h8H,3-6H2,1-2H3/t8-/m1/s1. The van der Waals surface area contributed by atoms with E-state index < -0.39 is 0 Å². The van der Waals surface area contributed by atoms with Crippen molar-refractivity contribution >= 4 is 5.91 Å². The Labute approximate surface area is 67.3 Å².